The van der Waals surface area contributed by atoms with Crippen molar-refractivity contribution in [1.82, 2.24) is 9.97 Å². The van der Waals surface area contributed by atoms with Crippen LogP contribution in [0.1, 0.15) is 37.7 Å². The van der Waals surface area contributed by atoms with E-state index in [-0.39, 0.29) is 27.9 Å². The van der Waals surface area contributed by atoms with Gasteiger partial charge in [-0.25, -0.2) is 18.4 Å². The topological polar surface area (TPSA) is 119 Å². The fourth-order valence-corrected chi connectivity index (χ4v) is 5.54. The number of amides is 1. The molecule has 0 radical (unpaired) electrons. The van der Waals surface area contributed by atoms with Gasteiger partial charge in [0, 0.05) is 16.0 Å². The lowest BCUT2D eigenvalue weighted by molar-refractivity contribution is 0.101. The first-order chi connectivity index (χ1) is 18.6. The minimum Gasteiger partial charge on any atom is -0.450 e. The summed E-state index contributed by atoms with van der Waals surface area (Å²) in [5.41, 5.74) is 1.74. The molecule has 0 fully saturated rings. The summed E-state index contributed by atoms with van der Waals surface area (Å²) in [6, 6.07) is 20.0. The molecule has 3 aromatic carbocycles. The predicted octanol–water partition coefficient (Wildman–Crippen LogP) is 6.30. The molecule has 2 heterocycles. The van der Waals surface area contributed by atoms with Crippen LogP contribution >= 0.6 is 23.2 Å². The third-order valence-corrected chi connectivity index (χ3v) is 7.94. The number of sulfone groups is 1. The van der Waals surface area contributed by atoms with Gasteiger partial charge in [-0.2, -0.15) is 0 Å². The number of fused-ring (bicyclic) bond motifs is 1. The van der Waals surface area contributed by atoms with Gasteiger partial charge in [-0.15, -0.1) is 0 Å². The number of hydrogen-bond donors (Lipinski definition) is 1. The zero-order chi connectivity index (χ0) is 27.7. The van der Waals surface area contributed by atoms with Gasteiger partial charge in [0.05, 0.1) is 22.7 Å². The van der Waals surface area contributed by atoms with Gasteiger partial charge in [0.15, 0.2) is 11.5 Å². The Kier molecular flexibility index (Phi) is 7.22. The number of nitrogens with zero attached hydrogens (tertiary/aromatic N) is 2. The largest absolute Gasteiger partial charge is 0.450 e. The number of para-hydroxylation sites is 1. The Morgan fingerprint density at radius 1 is 0.949 bits per heavy atom. The summed E-state index contributed by atoms with van der Waals surface area (Å²) in [6.07, 6.45) is 1.06. The average Bonchev–Trinajstić information content (AvgIpc) is 3.28. The summed E-state index contributed by atoms with van der Waals surface area (Å²) >= 11 is 12.2. The molecule has 0 saturated heterocycles. The Morgan fingerprint density at radius 3 is 2.38 bits per heavy atom. The molecule has 0 aliphatic carbocycles. The molecule has 1 N–H and O–H groups in total. The van der Waals surface area contributed by atoms with Crippen molar-refractivity contribution in [3.8, 4) is 0 Å². The Morgan fingerprint density at radius 2 is 1.64 bits per heavy atom. The molecule has 0 aliphatic heterocycles. The summed E-state index contributed by atoms with van der Waals surface area (Å²) in [4.78, 5) is 34.5. The Labute approximate surface area is 233 Å². The van der Waals surface area contributed by atoms with E-state index in [2.05, 4.69) is 15.3 Å². The van der Waals surface area contributed by atoms with Gasteiger partial charge in [-0.05, 0) is 54.4 Å². The van der Waals surface area contributed by atoms with Crippen LogP contribution in [-0.4, -0.2) is 30.1 Å². The van der Waals surface area contributed by atoms with Gasteiger partial charge in [-0.1, -0.05) is 59.6 Å². The number of carbonyl (C=O) groups excluding carboxylic acids is 2. The summed E-state index contributed by atoms with van der Waals surface area (Å²) in [5, 5.41) is 2.84. The highest BCUT2D eigenvalue weighted by Gasteiger charge is 2.27. The van der Waals surface area contributed by atoms with Crippen molar-refractivity contribution in [2.45, 2.75) is 17.8 Å². The zero-order valence-corrected chi connectivity index (χ0v) is 22.6. The second kappa shape index (κ2) is 10.6. The normalized spacial score (nSPS) is 11.5. The van der Waals surface area contributed by atoms with Crippen LogP contribution < -0.4 is 5.32 Å². The van der Waals surface area contributed by atoms with Crippen LogP contribution in [0.3, 0.4) is 0 Å². The van der Waals surface area contributed by atoms with Gasteiger partial charge in [0.1, 0.15) is 5.58 Å². The summed E-state index contributed by atoms with van der Waals surface area (Å²) in [6.45, 7) is 1.80. The highest BCUT2D eigenvalue weighted by molar-refractivity contribution is 7.90. The maximum Gasteiger partial charge on any atom is 0.276 e. The van der Waals surface area contributed by atoms with E-state index in [1.54, 1.807) is 67.6 Å². The maximum atomic E-state index is 13.4. The smallest absolute Gasteiger partial charge is 0.276 e. The molecule has 11 heteroatoms. The lowest BCUT2D eigenvalue weighted by atomic mass is 10.1. The third-order valence-electron chi connectivity index (χ3n) is 5.97. The Balaban J connectivity index is 1.51. The molecule has 1 amide bonds. The molecular weight excluding hydrogens is 561 g/mol. The minimum absolute atomic E-state index is 0.0922. The molecule has 0 spiro atoms. The van der Waals surface area contributed by atoms with Gasteiger partial charge in [0.2, 0.25) is 20.8 Å². The first-order valence-corrected chi connectivity index (χ1v) is 14.0. The number of aryl methyl sites for hydroxylation is 1. The average molecular weight is 580 g/mol. The summed E-state index contributed by atoms with van der Waals surface area (Å²) in [5.74, 6) is -1.81. The van der Waals surface area contributed by atoms with Crippen molar-refractivity contribution in [3.05, 3.63) is 117 Å². The molecule has 0 aliphatic rings. The number of benzene rings is 3. The van der Waals surface area contributed by atoms with E-state index in [1.165, 1.54) is 12.1 Å². The lowest BCUT2D eigenvalue weighted by Gasteiger charge is -2.10. The van der Waals surface area contributed by atoms with E-state index in [0.29, 0.717) is 27.1 Å². The van der Waals surface area contributed by atoms with Gasteiger partial charge in [-0.3, -0.25) is 9.59 Å². The fourth-order valence-electron chi connectivity index (χ4n) is 3.94. The van der Waals surface area contributed by atoms with Crippen LogP contribution in [0.2, 0.25) is 10.0 Å². The van der Waals surface area contributed by atoms with E-state index < -0.39 is 26.7 Å². The predicted molar refractivity (Wildman–Crippen MR) is 148 cm³/mol. The summed E-state index contributed by atoms with van der Waals surface area (Å²) < 4.78 is 32.0. The van der Waals surface area contributed by atoms with Gasteiger partial charge < -0.3 is 9.73 Å². The molecule has 0 unspecified atom stereocenters. The molecule has 2 aromatic heterocycles. The highest BCUT2D eigenvalue weighted by Crippen LogP contribution is 2.33. The minimum atomic E-state index is -4.01. The van der Waals surface area contributed by atoms with Crippen molar-refractivity contribution in [2.75, 3.05) is 5.32 Å². The van der Waals surface area contributed by atoms with Crippen molar-refractivity contribution in [2.24, 2.45) is 0 Å². The number of carbonyl (C=O) groups is 2. The number of furan rings is 1. The fraction of sp³-hybridized carbons (Fsp3) is 0.0714. The van der Waals surface area contributed by atoms with Crippen molar-refractivity contribution < 1.29 is 22.4 Å². The van der Waals surface area contributed by atoms with Crippen LogP contribution in [0.5, 0.6) is 0 Å². The standard InChI is InChI=1S/C28H19Cl2N3O5S/c1-16-6-2-3-7-18(16)15-39(36,37)28-31-14-21(30)24(33-28)27(35)32-23-20-8-4-5-9-22(20)38-26(23)25(34)17-10-12-19(29)13-11-17/h2-14H,15H2,1H3,(H,32,35). The zero-order valence-electron chi connectivity index (χ0n) is 20.3. The number of halogens is 2. The Hall–Kier alpha value is -4.05. The molecule has 5 rings (SSSR count). The number of hydrogen-bond acceptors (Lipinski definition) is 7. The molecule has 0 atom stereocenters. The van der Waals surface area contributed by atoms with Crippen LogP contribution in [-0.2, 0) is 15.6 Å². The quantitative estimate of drug-likeness (QED) is 0.177. The second-order valence-electron chi connectivity index (χ2n) is 8.63. The first-order valence-electron chi connectivity index (χ1n) is 11.6. The number of nitrogens with one attached hydrogen (secondary N) is 1. The molecule has 0 saturated carbocycles. The van der Waals surface area contributed by atoms with Crippen LogP contribution in [0.25, 0.3) is 11.0 Å². The van der Waals surface area contributed by atoms with Crippen molar-refractivity contribution in [1.29, 1.82) is 0 Å². The molecule has 39 heavy (non-hydrogen) atoms. The maximum absolute atomic E-state index is 13.4. The Bertz CT molecular complexity index is 1850. The highest BCUT2D eigenvalue weighted by atomic mass is 35.5. The first kappa shape index (κ1) is 26.6. The molecule has 0 bridgehead atoms. The van der Waals surface area contributed by atoms with Crippen molar-refractivity contribution >= 4 is 61.4 Å². The SMILES string of the molecule is Cc1ccccc1CS(=O)(=O)c1ncc(Cl)c(C(=O)Nc2c(C(=O)c3ccc(Cl)cc3)oc3ccccc23)n1. The van der Waals surface area contributed by atoms with Gasteiger partial charge in [0.25, 0.3) is 5.91 Å². The van der Waals surface area contributed by atoms with E-state index in [1.807, 2.05) is 0 Å². The van der Waals surface area contributed by atoms with Crippen LogP contribution in [0, 0.1) is 6.92 Å². The second-order valence-corrected chi connectivity index (χ2v) is 11.4. The van der Waals surface area contributed by atoms with Gasteiger partial charge >= 0.3 is 0 Å². The lowest BCUT2D eigenvalue weighted by Crippen LogP contribution is -2.19. The van der Waals surface area contributed by atoms with E-state index in [0.717, 1.165) is 11.8 Å². The van der Waals surface area contributed by atoms with Crippen molar-refractivity contribution in [3.63, 3.8) is 0 Å². The number of rotatable bonds is 7. The number of aromatic nitrogens is 2. The van der Waals surface area contributed by atoms with Crippen LogP contribution in [0.4, 0.5) is 5.69 Å². The molecule has 196 valence electrons. The molecule has 5 aromatic rings. The monoisotopic (exact) mass is 579 g/mol. The molecular formula is C28H19Cl2N3O5S. The van der Waals surface area contributed by atoms with Crippen LogP contribution in [0.15, 0.2) is 88.6 Å². The number of anilines is 1. The van der Waals surface area contributed by atoms with E-state index >= 15 is 0 Å². The van der Waals surface area contributed by atoms with E-state index in [9.17, 15) is 18.0 Å². The third kappa shape index (κ3) is 5.42. The summed E-state index contributed by atoms with van der Waals surface area (Å²) in [7, 11) is -4.01. The number of ketones is 1. The van der Waals surface area contributed by atoms with E-state index in [4.69, 9.17) is 27.6 Å². The molecule has 8 nitrogen and oxygen atoms in total.